The molecule has 2 aromatic rings. The van der Waals surface area contributed by atoms with Crippen LogP contribution in [0.1, 0.15) is 50.3 Å². The number of amides is 1. The van der Waals surface area contributed by atoms with E-state index in [1.54, 1.807) is 0 Å². The molecule has 0 aromatic heterocycles. The van der Waals surface area contributed by atoms with Crippen LogP contribution >= 0.6 is 0 Å². The summed E-state index contributed by atoms with van der Waals surface area (Å²) in [6, 6.07) is 15.1. The molecule has 0 bridgehead atoms. The predicted octanol–water partition coefficient (Wildman–Crippen LogP) is 3.94. The highest BCUT2D eigenvalue weighted by Crippen LogP contribution is 2.49. The van der Waals surface area contributed by atoms with Crippen LogP contribution in [-0.4, -0.2) is 31.7 Å². The van der Waals surface area contributed by atoms with E-state index in [-0.39, 0.29) is 30.4 Å². The molecule has 0 unspecified atom stereocenters. The highest BCUT2D eigenvalue weighted by molar-refractivity contribution is 5.89. The number of nitrogens with one attached hydrogen (secondary N) is 1. The summed E-state index contributed by atoms with van der Waals surface area (Å²) >= 11 is 0. The van der Waals surface area contributed by atoms with Gasteiger partial charge in [0, 0.05) is 6.42 Å². The lowest BCUT2D eigenvalue weighted by Crippen LogP contribution is -2.36. The zero-order chi connectivity index (χ0) is 21.8. The average molecular weight is 424 g/mol. The van der Waals surface area contributed by atoms with E-state index in [9.17, 15) is 9.59 Å². The molecule has 6 nitrogen and oxygen atoms in total. The van der Waals surface area contributed by atoms with Crippen molar-refractivity contribution in [1.29, 1.82) is 0 Å². The van der Waals surface area contributed by atoms with Gasteiger partial charge in [0.05, 0.1) is 24.7 Å². The smallest absolute Gasteiger partial charge is 0.317 e. The maximum Gasteiger partial charge on any atom is 0.317 e. The molecular formula is C25H29NO5. The van der Waals surface area contributed by atoms with Crippen molar-refractivity contribution >= 4 is 11.9 Å². The first-order chi connectivity index (χ1) is 15.0. The fourth-order valence-corrected chi connectivity index (χ4v) is 3.99. The Kier molecular flexibility index (Phi) is 6.16. The summed E-state index contributed by atoms with van der Waals surface area (Å²) in [6.45, 7) is 5.02. The molecule has 31 heavy (non-hydrogen) atoms. The van der Waals surface area contributed by atoms with Crippen LogP contribution < -0.4 is 14.8 Å². The number of hydrogen-bond donors (Lipinski definition) is 1. The molecule has 0 saturated heterocycles. The van der Waals surface area contributed by atoms with E-state index in [1.165, 1.54) is 0 Å². The maximum absolute atomic E-state index is 12.7. The molecule has 1 amide bonds. The van der Waals surface area contributed by atoms with E-state index >= 15 is 0 Å². The second-order valence-electron chi connectivity index (χ2n) is 8.57. The summed E-state index contributed by atoms with van der Waals surface area (Å²) in [5, 5.41) is 3.01. The summed E-state index contributed by atoms with van der Waals surface area (Å²) < 4.78 is 16.9. The van der Waals surface area contributed by atoms with Crippen LogP contribution in [0.25, 0.3) is 0 Å². The van der Waals surface area contributed by atoms with Gasteiger partial charge in [0.25, 0.3) is 5.91 Å². The molecule has 6 heteroatoms. The molecule has 1 saturated carbocycles. The number of esters is 1. The largest absolute Gasteiger partial charge is 0.490 e. The van der Waals surface area contributed by atoms with Crippen molar-refractivity contribution < 1.29 is 23.8 Å². The molecule has 4 rings (SSSR count). The van der Waals surface area contributed by atoms with Crippen molar-refractivity contribution in [2.45, 2.75) is 44.6 Å². The van der Waals surface area contributed by atoms with Gasteiger partial charge in [0.1, 0.15) is 0 Å². The Morgan fingerprint density at radius 2 is 1.74 bits per heavy atom. The minimum atomic E-state index is -0.590. The van der Waals surface area contributed by atoms with E-state index in [0.717, 1.165) is 36.1 Å². The number of benzene rings is 2. The predicted molar refractivity (Wildman–Crippen MR) is 116 cm³/mol. The Morgan fingerprint density at radius 3 is 2.42 bits per heavy atom. The third-order valence-electron chi connectivity index (χ3n) is 5.92. The second kappa shape index (κ2) is 9.00. The summed E-state index contributed by atoms with van der Waals surface area (Å²) in [5.41, 5.74) is 1.29. The molecule has 1 N–H and O–H groups in total. The minimum absolute atomic E-state index is 0.142. The Morgan fingerprint density at radius 1 is 1.03 bits per heavy atom. The molecule has 1 aliphatic heterocycles. The lowest BCUT2D eigenvalue weighted by Gasteiger charge is -2.24. The maximum atomic E-state index is 12.7. The SMILES string of the molecule is CC(C)[C@@H](NC(=O)COC(=O)C1(c2ccccc2)CC1)c1ccc2c(c1)OCCCO2. The van der Waals surface area contributed by atoms with Crippen molar-refractivity contribution in [2.24, 2.45) is 5.92 Å². The average Bonchev–Trinajstić information content (AvgIpc) is 3.60. The van der Waals surface area contributed by atoms with Crippen molar-refractivity contribution in [3.05, 3.63) is 59.7 Å². The van der Waals surface area contributed by atoms with Gasteiger partial charge in [-0.3, -0.25) is 9.59 Å². The second-order valence-corrected chi connectivity index (χ2v) is 8.57. The number of hydrogen-bond acceptors (Lipinski definition) is 5. The highest BCUT2D eigenvalue weighted by Gasteiger charge is 2.52. The number of rotatable bonds is 7. The Labute approximate surface area is 182 Å². The number of ether oxygens (including phenoxy) is 3. The van der Waals surface area contributed by atoms with Crippen LogP contribution in [-0.2, 0) is 19.7 Å². The number of fused-ring (bicyclic) bond motifs is 1. The van der Waals surface area contributed by atoms with E-state index < -0.39 is 5.41 Å². The van der Waals surface area contributed by atoms with E-state index in [0.29, 0.717) is 19.0 Å². The monoisotopic (exact) mass is 423 g/mol. The van der Waals surface area contributed by atoms with Gasteiger partial charge in [-0.15, -0.1) is 0 Å². The standard InChI is InChI=1S/C25H29NO5/c1-17(2)23(18-9-10-20-21(15-18)30-14-6-13-29-20)26-22(27)16-31-24(28)25(11-12-25)19-7-4-3-5-8-19/h3-5,7-10,15,17,23H,6,11-14,16H2,1-2H3,(H,26,27)/t23-/m1/s1. The highest BCUT2D eigenvalue weighted by atomic mass is 16.5. The van der Waals surface area contributed by atoms with Crippen LogP contribution in [0.15, 0.2) is 48.5 Å². The van der Waals surface area contributed by atoms with E-state index in [2.05, 4.69) is 5.32 Å². The van der Waals surface area contributed by atoms with Gasteiger partial charge >= 0.3 is 5.97 Å². The zero-order valence-corrected chi connectivity index (χ0v) is 18.1. The topological polar surface area (TPSA) is 73.9 Å². The molecule has 1 heterocycles. The molecule has 0 spiro atoms. The van der Waals surface area contributed by atoms with E-state index in [4.69, 9.17) is 14.2 Å². The molecule has 164 valence electrons. The minimum Gasteiger partial charge on any atom is -0.490 e. The first-order valence-corrected chi connectivity index (χ1v) is 10.9. The van der Waals surface area contributed by atoms with Gasteiger partial charge in [-0.1, -0.05) is 50.2 Å². The molecule has 1 fully saturated rings. The molecular weight excluding hydrogens is 394 g/mol. The van der Waals surface area contributed by atoms with Gasteiger partial charge in [-0.25, -0.2) is 0 Å². The summed E-state index contributed by atoms with van der Waals surface area (Å²) in [7, 11) is 0. The quantitative estimate of drug-likeness (QED) is 0.683. The van der Waals surface area contributed by atoms with Crippen LogP contribution in [0.3, 0.4) is 0 Å². The van der Waals surface area contributed by atoms with Crippen molar-refractivity contribution in [3.63, 3.8) is 0 Å². The first kappa shape index (κ1) is 21.2. The Balaban J connectivity index is 1.38. The third-order valence-corrected chi connectivity index (χ3v) is 5.92. The molecule has 2 aliphatic rings. The molecule has 1 atom stereocenters. The van der Waals surface area contributed by atoms with Gasteiger partial charge in [0.15, 0.2) is 18.1 Å². The van der Waals surface area contributed by atoms with Gasteiger partial charge in [0.2, 0.25) is 0 Å². The van der Waals surface area contributed by atoms with Crippen molar-refractivity contribution in [2.75, 3.05) is 19.8 Å². The van der Waals surface area contributed by atoms with Crippen molar-refractivity contribution in [3.8, 4) is 11.5 Å². The Bertz CT molecular complexity index is 936. The summed E-state index contributed by atoms with van der Waals surface area (Å²) in [4.78, 5) is 25.3. The van der Waals surface area contributed by atoms with Crippen LogP contribution in [0, 0.1) is 5.92 Å². The summed E-state index contributed by atoms with van der Waals surface area (Å²) in [5.74, 6) is 0.913. The summed E-state index contributed by atoms with van der Waals surface area (Å²) in [6.07, 6.45) is 2.34. The normalized spacial score (nSPS) is 17.4. The number of carbonyl (C=O) groups is 2. The zero-order valence-electron chi connectivity index (χ0n) is 18.1. The van der Waals surface area contributed by atoms with Crippen LogP contribution in [0.4, 0.5) is 0 Å². The molecule has 2 aromatic carbocycles. The van der Waals surface area contributed by atoms with Crippen molar-refractivity contribution in [1.82, 2.24) is 5.32 Å². The van der Waals surface area contributed by atoms with Gasteiger partial charge in [-0.05, 0) is 42.0 Å². The van der Waals surface area contributed by atoms with Gasteiger partial charge in [-0.2, -0.15) is 0 Å². The first-order valence-electron chi connectivity index (χ1n) is 10.9. The fraction of sp³-hybridized carbons (Fsp3) is 0.440. The lowest BCUT2D eigenvalue weighted by molar-refractivity contribution is -0.151. The molecule has 1 aliphatic carbocycles. The third kappa shape index (κ3) is 4.68. The lowest BCUT2D eigenvalue weighted by atomic mass is 9.95. The number of carbonyl (C=O) groups excluding carboxylic acids is 2. The molecule has 0 radical (unpaired) electrons. The Hall–Kier alpha value is -3.02. The van der Waals surface area contributed by atoms with E-state index in [1.807, 2.05) is 62.4 Å². The fourth-order valence-electron chi connectivity index (χ4n) is 3.99. The van der Waals surface area contributed by atoms with Crippen LogP contribution in [0.2, 0.25) is 0 Å². The van der Waals surface area contributed by atoms with Gasteiger partial charge < -0.3 is 19.5 Å². The van der Waals surface area contributed by atoms with Crippen LogP contribution in [0.5, 0.6) is 11.5 Å².